The van der Waals surface area contributed by atoms with Gasteiger partial charge in [-0.15, -0.1) is 5.06 Å². The van der Waals surface area contributed by atoms with Crippen LogP contribution < -0.4 is 15.1 Å². The highest BCUT2D eigenvalue weighted by Gasteiger charge is 2.44. The molecule has 2 aliphatic rings. The van der Waals surface area contributed by atoms with Crippen molar-refractivity contribution in [3.8, 4) is 0 Å². The van der Waals surface area contributed by atoms with Crippen molar-refractivity contribution >= 4 is 79.7 Å². The van der Waals surface area contributed by atoms with Crippen molar-refractivity contribution in [3.05, 3.63) is 144 Å². The molecule has 0 unspecified atom stereocenters. The number of rotatable bonds is 14. The van der Waals surface area contributed by atoms with Crippen molar-refractivity contribution in [3.63, 3.8) is 0 Å². The second kappa shape index (κ2) is 16.9. The summed E-state index contributed by atoms with van der Waals surface area (Å²) in [6, 6.07) is 38.6. The molecule has 0 radical (unpaired) electrons. The number of unbranched alkanes of at least 4 members (excludes halogenated alkanes) is 2. The van der Waals surface area contributed by atoms with Crippen LogP contribution in [0.4, 0.5) is 28.4 Å². The summed E-state index contributed by atoms with van der Waals surface area (Å²) < 4.78 is 4.69. The molecule has 9 heteroatoms. The maximum absolute atomic E-state index is 12.5. The van der Waals surface area contributed by atoms with Gasteiger partial charge in [0.1, 0.15) is 6.54 Å². The summed E-state index contributed by atoms with van der Waals surface area (Å²) >= 11 is 0. The van der Waals surface area contributed by atoms with Gasteiger partial charge < -0.3 is 19.2 Å². The zero-order valence-electron chi connectivity index (χ0n) is 35.1. The van der Waals surface area contributed by atoms with Crippen LogP contribution in [0.5, 0.6) is 0 Å². The van der Waals surface area contributed by atoms with Crippen LogP contribution in [0.2, 0.25) is 0 Å². The number of anilines is 4. The zero-order valence-corrected chi connectivity index (χ0v) is 35.1. The van der Waals surface area contributed by atoms with E-state index in [1.807, 2.05) is 12.1 Å². The SMILES string of the molecule is CN(c1ccccc1)c1ccc2c(c1)C(C)(C)C(/C=C/C=C/C=c1\c3cccc4c(N(C)c5ccccc5)ccc(c43)n1C)=[N+]2CCCCCC(=O)ON1C(=O)CCC1=O. The number of imide groups is 1. The molecule has 0 spiro atoms. The van der Waals surface area contributed by atoms with Gasteiger partial charge in [-0.2, -0.15) is 4.58 Å². The molecular formula is C51H52N5O4+. The van der Waals surface area contributed by atoms with Crippen molar-refractivity contribution in [1.82, 2.24) is 9.63 Å². The number of aryl methyl sites for hydroxylation is 1. The molecule has 3 heterocycles. The number of aromatic nitrogens is 1. The smallest absolute Gasteiger partial charge is 0.333 e. The summed E-state index contributed by atoms with van der Waals surface area (Å²) in [6.07, 6.45) is 13.3. The lowest BCUT2D eigenvalue weighted by Gasteiger charge is -2.22. The van der Waals surface area contributed by atoms with Gasteiger partial charge in [-0.05, 0) is 81.3 Å². The van der Waals surface area contributed by atoms with Gasteiger partial charge in [0, 0.05) is 114 Å². The van der Waals surface area contributed by atoms with E-state index >= 15 is 0 Å². The van der Waals surface area contributed by atoms with E-state index in [0.29, 0.717) is 11.5 Å². The second-order valence-corrected chi connectivity index (χ2v) is 16.2. The predicted octanol–water partition coefficient (Wildman–Crippen LogP) is 9.72. The van der Waals surface area contributed by atoms with Gasteiger partial charge in [0.25, 0.3) is 11.8 Å². The monoisotopic (exact) mass is 798 g/mol. The number of benzene rings is 5. The molecule has 2 amide bonds. The largest absolute Gasteiger partial charge is 0.345 e. The molecule has 0 N–H and O–H groups in total. The number of carbonyl (C=O) groups excluding carboxylic acids is 3. The molecule has 304 valence electrons. The zero-order chi connectivity index (χ0) is 42.0. The predicted molar refractivity (Wildman–Crippen MR) is 242 cm³/mol. The molecule has 0 saturated carbocycles. The first-order valence-electron chi connectivity index (χ1n) is 20.8. The summed E-state index contributed by atoms with van der Waals surface area (Å²) in [4.78, 5) is 45.8. The van der Waals surface area contributed by atoms with Crippen molar-refractivity contribution in [1.29, 1.82) is 0 Å². The lowest BCUT2D eigenvalue weighted by molar-refractivity contribution is -0.438. The van der Waals surface area contributed by atoms with E-state index < -0.39 is 17.8 Å². The Bertz CT molecular complexity index is 2730. The lowest BCUT2D eigenvalue weighted by atomic mass is 9.81. The van der Waals surface area contributed by atoms with Crippen LogP contribution in [0.1, 0.15) is 57.9 Å². The average Bonchev–Trinajstić information content (AvgIpc) is 3.81. The lowest BCUT2D eigenvalue weighted by Crippen LogP contribution is -2.31. The number of para-hydroxylation sites is 2. The molecule has 6 aromatic rings. The van der Waals surface area contributed by atoms with Crippen LogP contribution in [0.25, 0.3) is 27.8 Å². The van der Waals surface area contributed by atoms with Crippen LogP contribution in [-0.4, -0.2) is 58.3 Å². The van der Waals surface area contributed by atoms with Gasteiger partial charge in [0.15, 0.2) is 5.71 Å². The highest BCUT2D eigenvalue weighted by Crippen LogP contribution is 2.43. The Kier molecular flexibility index (Phi) is 11.3. The maximum Gasteiger partial charge on any atom is 0.333 e. The fraction of sp³-hybridized carbons (Fsp3) is 0.255. The Balaban J connectivity index is 1.04. The fourth-order valence-electron chi connectivity index (χ4n) is 8.75. The fourth-order valence-corrected chi connectivity index (χ4v) is 8.75. The van der Waals surface area contributed by atoms with Crippen molar-refractivity contribution < 1.29 is 23.8 Å². The highest BCUT2D eigenvalue weighted by molar-refractivity contribution is 6.15. The normalized spacial score (nSPS) is 15.4. The van der Waals surface area contributed by atoms with Gasteiger partial charge in [-0.3, -0.25) is 9.59 Å². The first-order chi connectivity index (χ1) is 29.0. The van der Waals surface area contributed by atoms with Gasteiger partial charge in [-0.25, -0.2) is 4.79 Å². The molecule has 1 aromatic heterocycles. The minimum absolute atomic E-state index is 0.0857. The van der Waals surface area contributed by atoms with E-state index in [9.17, 15) is 14.4 Å². The Labute approximate surface area is 351 Å². The first-order valence-corrected chi connectivity index (χ1v) is 20.8. The number of nitrogens with zero attached hydrogens (tertiary/aromatic N) is 5. The van der Waals surface area contributed by atoms with E-state index in [2.05, 4.69) is 181 Å². The molecule has 5 aromatic carbocycles. The average molecular weight is 799 g/mol. The van der Waals surface area contributed by atoms with E-state index in [1.54, 1.807) is 0 Å². The quantitative estimate of drug-likeness (QED) is 0.0473. The van der Waals surface area contributed by atoms with Gasteiger partial charge in [-0.1, -0.05) is 72.8 Å². The maximum atomic E-state index is 12.5. The molecular weight excluding hydrogens is 747 g/mol. The summed E-state index contributed by atoms with van der Waals surface area (Å²) in [5.74, 6) is -1.47. The van der Waals surface area contributed by atoms with E-state index in [-0.39, 0.29) is 24.7 Å². The first kappa shape index (κ1) is 40.1. The minimum atomic E-state index is -0.553. The van der Waals surface area contributed by atoms with E-state index in [1.165, 1.54) is 44.3 Å². The van der Waals surface area contributed by atoms with Crippen LogP contribution >= 0.6 is 0 Å². The van der Waals surface area contributed by atoms with Crippen molar-refractivity contribution in [2.24, 2.45) is 7.05 Å². The molecule has 1 saturated heterocycles. The van der Waals surface area contributed by atoms with Crippen LogP contribution in [0, 0.1) is 0 Å². The highest BCUT2D eigenvalue weighted by atomic mass is 16.7. The number of amides is 2. The summed E-state index contributed by atoms with van der Waals surface area (Å²) in [5.41, 5.74) is 9.11. The molecule has 2 aliphatic heterocycles. The number of allylic oxidation sites excluding steroid dienone is 4. The molecule has 0 atom stereocenters. The van der Waals surface area contributed by atoms with Gasteiger partial charge in [0.2, 0.25) is 5.69 Å². The summed E-state index contributed by atoms with van der Waals surface area (Å²) in [5, 5.41) is 5.49. The topological polar surface area (TPSA) is 78.1 Å². The molecule has 60 heavy (non-hydrogen) atoms. The Morgan fingerprint density at radius 1 is 0.750 bits per heavy atom. The van der Waals surface area contributed by atoms with E-state index in [4.69, 9.17) is 4.84 Å². The van der Waals surface area contributed by atoms with Gasteiger partial charge in [0.05, 0.1) is 5.41 Å². The van der Waals surface area contributed by atoms with Crippen LogP contribution in [-0.2, 0) is 31.7 Å². The Hall–Kier alpha value is -6.74. The molecule has 0 bridgehead atoms. The third-order valence-electron chi connectivity index (χ3n) is 12.1. The summed E-state index contributed by atoms with van der Waals surface area (Å²) in [6.45, 7) is 5.34. The number of hydrogen-bond acceptors (Lipinski definition) is 6. The van der Waals surface area contributed by atoms with Crippen LogP contribution in [0.3, 0.4) is 0 Å². The van der Waals surface area contributed by atoms with Crippen LogP contribution in [0.15, 0.2) is 133 Å². The third kappa shape index (κ3) is 7.63. The summed E-state index contributed by atoms with van der Waals surface area (Å²) in [7, 11) is 6.36. The standard InChI is InChI=1S/C51H52N5O4/c1-51(2)41-35-38(52(3)36-19-10-6-11-20-36)28-29-44(41)55(34-17-9-16-27-49(59)60-56-47(57)32-33-48(56)58)46(51)26-15-8-14-25-42-39-23-18-24-40-43(30-31-45(50(39)40)54(42)5)53(4)37-21-12-7-13-22-37/h6-8,10-15,18-26,28-31,35H,9,16-17,27,32-34H2,1-5H3/q+1. The Morgan fingerprint density at radius 2 is 1.43 bits per heavy atom. The number of hydrogen-bond donors (Lipinski definition) is 0. The molecule has 0 aliphatic carbocycles. The Morgan fingerprint density at radius 3 is 2.15 bits per heavy atom. The molecule has 1 fully saturated rings. The molecule has 8 rings (SSSR count). The number of carbonyl (C=O) groups is 3. The van der Waals surface area contributed by atoms with Gasteiger partial charge >= 0.3 is 5.97 Å². The van der Waals surface area contributed by atoms with E-state index in [0.717, 1.165) is 41.8 Å². The second-order valence-electron chi connectivity index (χ2n) is 16.2. The number of fused-ring (bicyclic) bond motifs is 1. The number of hydroxylamine groups is 2. The van der Waals surface area contributed by atoms with Crippen molar-refractivity contribution in [2.45, 2.75) is 57.8 Å². The minimum Gasteiger partial charge on any atom is -0.345 e. The third-order valence-corrected chi connectivity index (χ3v) is 12.1. The molecule has 9 nitrogen and oxygen atoms in total. The van der Waals surface area contributed by atoms with Crippen molar-refractivity contribution in [2.75, 3.05) is 30.4 Å².